The molecule has 1 amide bonds. The SMILES string of the molecule is CC1CN(C(=O)c2ccccc2F)C(c2ccccc2)CN1. The number of halogens is 1. The van der Waals surface area contributed by atoms with Gasteiger partial charge >= 0.3 is 0 Å². The first kappa shape index (κ1) is 14.7. The highest BCUT2D eigenvalue weighted by atomic mass is 19.1. The van der Waals surface area contributed by atoms with Crippen molar-refractivity contribution in [3.05, 3.63) is 71.5 Å². The van der Waals surface area contributed by atoms with E-state index >= 15 is 0 Å². The first-order chi connectivity index (χ1) is 10.7. The van der Waals surface area contributed by atoms with E-state index in [-0.39, 0.29) is 23.6 Å². The molecule has 0 saturated carbocycles. The Bertz CT molecular complexity index is 659. The molecule has 1 fully saturated rings. The van der Waals surface area contributed by atoms with Crippen LogP contribution in [0.3, 0.4) is 0 Å². The van der Waals surface area contributed by atoms with Crippen molar-refractivity contribution in [1.29, 1.82) is 0 Å². The quantitative estimate of drug-likeness (QED) is 0.924. The maximum Gasteiger partial charge on any atom is 0.257 e. The Morgan fingerprint density at radius 1 is 1.14 bits per heavy atom. The second-order valence-electron chi connectivity index (χ2n) is 5.67. The van der Waals surface area contributed by atoms with Gasteiger partial charge in [0.25, 0.3) is 5.91 Å². The molecule has 4 heteroatoms. The summed E-state index contributed by atoms with van der Waals surface area (Å²) in [5.74, 6) is -0.717. The fraction of sp³-hybridized carbons (Fsp3) is 0.278. The molecule has 22 heavy (non-hydrogen) atoms. The molecule has 2 aromatic carbocycles. The number of hydrogen-bond donors (Lipinski definition) is 1. The van der Waals surface area contributed by atoms with Crippen LogP contribution in [0.1, 0.15) is 28.9 Å². The fourth-order valence-electron chi connectivity index (χ4n) is 2.90. The molecule has 1 aliphatic rings. The molecule has 1 saturated heterocycles. The third-order valence-electron chi connectivity index (χ3n) is 4.06. The van der Waals surface area contributed by atoms with Gasteiger partial charge in [-0.3, -0.25) is 4.79 Å². The lowest BCUT2D eigenvalue weighted by atomic mass is 10.00. The van der Waals surface area contributed by atoms with Gasteiger partial charge < -0.3 is 10.2 Å². The van der Waals surface area contributed by atoms with E-state index < -0.39 is 5.82 Å². The zero-order valence-corrected chi connectivity index (χ0v) is 12.5. The number of piperazine rings is 1. The second kappa shape index (κ2) is 6.28. The molecule has 2 atom stereocenters. The number of carbonyl (C=O) groups is 1. The van der Waals surface area contributed by atoms with Crippen LogP contribution in [0.2, 0.25) is 0 Å². The van der Waals surface area contributed by atoms with E-state index in [1.165, 1.54) is 6.07 Å². The van der Waals surface area contributed by atoms with E-state index in [4.69, 9.17) is 0 Å². The van der Waals surface area contributed by atoms with Crippen molar-refractivity contribution in [1.82, 2.24) is 10.2 Å². The minimum atomic E-state index is -0.467. The Labute approximate surface area is 129 Å². The lowest BCUT2D eigenvalue weighted by Gasteiger charge is -2.39. The van der Waals surface area contributed by atoms with Gasteiger partial charge in [0.2, 0.25) is 0 Å². The summed E-state index contributed by atoms with van der Waals surface area (Å²) in [6, 6.07) is 16.2. The molecule has 114 valence electrons. The van der Waals surface area contributed by atoms with Gasteiger partial charge in [0.1, 0.15) is 5.82 Å². The molecule has 0 aromatic heterocycles. The first-order valence-corrected chi connectivity index (χ1v) is 7.50. The summed E-state index contributed by atoms with van der Waals surface area (Å²) in [4.78, 5) is 14.6. The van der Waals surface area contributed by atoms with Gasteiger partial charge in [0.15, 0.2) is 0 Å². The second-order valence-corrected chi connectivity index (χ2v) is 5.67. The molecular weight excluding hydrogens is 279 g/mol. The van der Waals surface area contributed by atoms with Gasteiger partial charge in [-0.05, 0) is 24.6 Å². The van der Waals surface area contributed by atoms with Gasteiger partial charge in [0.05, 0.1) is 11.6 Å². The average Bonchev–Trinajstić information content (AvgIpc) is 2.55. The van der Waals surface area contributed by atoms with E-state index in [9.17, 15) is 9.18 Å². The smallest absolute Gasteiger partial charge is 0.257 e. The predicted molar refractivity (Wildman–Crippen MR) is 84.1 cm³/mol. The first-order valence-electron chi connectivity index (χ1n) is 7.50. The highest BCUT2D eigenvalue weighted by molar-refractivity contribution is 5.94. The summed E-state index contributed by atoms with van der Waals surface area (Å²) in [6.07, 6.45) is 0. The molecule has 3 nitrogen and oxygen atoms in total. The average molecular weight is 298 g/mol. The summed E-state index contributed by atoms with van der Waals surface area (Å²) >= 11 is 0. The van der Waals surface area contributed by atoms with E-state index in [2.05, 4.69) is 5.32 Å². The van der Waals surface area contributed by atoms with Crippen molar-refractivity contribution in [2.45, 2.75) is 19.0 Å². The number of amides is 1. The third kappa shape index (κ3) is 2.88. The molecule has 2 unspecified atom stereocenters. The number of rotatable bonds is 2. The molecule has 3 rings (SSSR count). The largest absolute Gasteiger partial charge is 0.329 e. The Morgan fingerprint density at radius 3 is 2.55 bits per heavy atom. The Kier molecular flexibility index (Phi) is 4.20. The van der Waals surface area contributed by atoms with Crippen LogP contribution in [-0.2, 0) is 0 Å². The minimum Gasteiger partial charge on any atom is -0.329 e. The summed E-state index contributed by atoms with van der Waals surface area (Å²) in [6.45, 7) is 3.26. The van der Waals surface area contributed by atoms with Gasteiger partial charge in [-0.25, -0.2) is 4.39 Å². The van der Waals surface area contributed by atoms with Crippen LogP contribution in [0.15, 0.2) is 54.6 Å². The summed E-state index contributed by atoms with van der Waals surface area (Å²) < 4.78 is 14.0. The number of nitrogens with one attached hydrogen (secondary N) is 1. The number of carbonyl (C=O) groups excluding carboxylic acids is 1. The highest BCUT2D eigenvalue weighted by Crippen LogP contribution is 2.26. The van der Waals surface area contributed by atoms with Crippen LogP contribution in [0.25, 0.3) is 0 Å². The van der Waals surface area contributed by atoms with E-state index in [0.29, 0.717) is 13.1 Å². The molecule has 0 aliphatic carbocycles. The molecular formula is C18H19FN2O. The van der Waals surface area contributed by atoms with Crippen LogP contribution in [0, 0.1) is 5.82 Å². The maximum absolute atomic E-state index is 14.0. The number of nitrogens with zero attached hydrogens (tertiary/aromatic N) is 1. The molecule has 1 N–H and O–H groups in total. The van der Waals surface area contributed by atoms with Crippen molar-refractivity contribution in [2.75, 3.05) is 13.1 Å². The lowest BCUT2D eigenvalue weighted by Crippen LogP contribution is -2.53. The van der Waals surface area contributed by atoms with Crippen molar-refractivity contribution < 1.29 is 9.18 Å². The van der Waals surface area contributed by atoms with Crippen molar-refractivity contribution in [2.24, 2.45) is 0 Å². The molecule has 0 spiro atoms. The maximum atomic E-state index is 14.0. The normalized spacial score (nSPS) is 21.6. The Hall–Kier alpha value is -2.20. The minimum absolute atomic E-state index is 0.0792. The summed E-state index contributed by atoms with van der Waals surface area (Å²) in [7, 11) is 0. The zero-order chi connectivity index (χ0) is 15.5. The van der Waals surface area contributed by atoms with Crippen molar-refractivity contribution in [3.63, 3.8) is 0 Å². The third-order valence-corrected chi connectivity index (χ3v) is 4.06. The predicted octanol–water partition coefficient (Wildman–Crippen LogP) is 3.00. The zero-order valence-electron chi connectivity index (χ0n) is 12.5. The number of hydrogen-bond acceptors (Lipinski definition) is 2. The molecule has 0 radical (unpaired) electrons. The van der Waals surface area contributed by atoms with E-state index in [0.717, 1.165) is 5.56 Å². The van der Waals surface area contributed by atoms with Crippen molar-refractivity contribution in [3.8, 4) is 0 Å². The molecule has 2 aromatic rings. The van der Waals surface area contributed by atoms with Crippen LogP contribution in [0.4, 0.5) is 4.39 Å². The Balaban J connectivity index is 1.94. The molecule has 1 aliphatic heterocycles. The lowest BCUT2D eigenvalue weighted by molar-refractivity contribution is 0.0586. The standard InChI is InChI=1S/C18H19FN2O/c1-13-12-21(18(22)15-9-5-6-10-16(15)19)17(11-20-13)14-7-3-2-4-8-14/h2-10,13,17,20H,11-12H2,1H3. The highest BCUT2D eigenvalue weighted by Gasteiger charge is 2.32. The van der Waals surface area contributed by atoms with Gasteiger partial charge in [-0.15, -0.1) is 0 Å². The van der Waals surface area contributed by atoms with E-state index in [1.54, 1.807) is 23.1 Å². The summed E-state index contributed by atoms with van der Waals surface area (Å²) in [5.41, 5.74) is 1.20. The number of benzene rings is 2. The fourth-order valence-corrected chi connectivity index (χ4v) is 2.90. The molecule has 1 heterocycles. The summed E-state index contributed by atoms with van der Waals surface area (Å²) in [5, 5.41) is 3.39. The topological polar surface area (TPSA) is 32.3 Å². The van der Waals surface area contributed by atoms with Gasteiger partial charge in [-0.2, -0.15) is 0 Å². The molecule has 0 bridgehead atoms. The van der Waals surface area contributed by atoms with Crippen LogP contribution < -0.4 is 5.32 Å². The monoisotopic (exact) mass is 298 g/mol. The van der Waals surface area contributed by atoms with Gasteiger partial charge in [0, 0.05) is 19.1 Å². The van der Waals surface area contributed by atoms with Crippen LogP contribution in [-0.4, -0.2) is 29.9 Å². The van der Waals surface area contributed by atoms with Crippen LogP contribution in [0.5, 0.6) is 0 Å². The Morgan fingerprint density at radius 2 is 1.82 bits per heavy atom. The van der Waals surface area contributed by atoms with E-state index in [1.807, 2.05) is 37.3 Å². The van der Waals surface area contributed by atoms with Crippen molar-refractivity contribution >= 4 is 5.91 Å². The van der Waals surface area contributed by atoms with Crippen LogP contribution >= 0.6 is 0 Å². The van der Waals surface area contributed by atoms with Gasteiger partial charge in [-0.1, -0.05) is 42.5 Å².